The van der Waals surface area contributed by atoms with E-state index in [1.54, 1.807) is 25.4 Å². The minimum Gasteiger partial charge on any atom is -0.389 e. The molecule has 0 aromatic carbocycles. The van der Waals surface area contributed by atoms with Crippen LogP contribution in [0.2, 0.25) is 0 Å². The Hall–Kier alpha value is -0.980. The summed E-state index contributed by atoms with van der Waals surface area (Å²) in [5.74, 6) is -0.194. The predicted molar refractivity (Wildman–Crippen MR) is 66.8 cm³/mol. The van der Waals surface area contributed by atoms with Crippen molar-refractivity contribution in [3.8, 4) is 0 Å². The maximum Gasteiger partial charge on any atom is 0.256 e. The maximum absolute atomic E-state index is 12.0. The van der Waals surface area contributed by atoms with Crippen molar-refractivity contribution < 1.29 is 14.6 Å². The van der Waals surface area contributed by atoms with E-state index in [0.717, 1.165) is 0 Å². The molecule has 0 saturated carbocycles. The Balaban J connectivity index is 2.67. The topological polar surface area (TPSA) is 62.7 Å². The van der Waals surface area contributed by atoms with Gasteiger partial charge in [-0.3, -0.25) is 4.79 Å². The van der Waals surface area contributed by atoms with Gasteiger partial charge in [-0.1, -0.05) is 0 Å². The van der Waals surface area contributed by atoms with Gasteiger partial charge in [0.2, 0.25) is 0 Å². The molecule has 0 bridgehead atoms. The number of aliphatic hydroxyl groups is 1. The third-order valence-corrected chi connectivity index (χ3v) is 2.81. The van der Waals surface area contributed by atoms with Crippen LogP contribution < -0.4 is 0 Å². The monoisotopic (exact) mass is 302 g/mol. The largest absolute Gasteiger partial charge is 0.389 e. The first kappa shape index (κ1) is 14.1. The van der Waals surface area contributed by atoms with Crippen LogP contribution in [0.15, 0.2) is 22.9 Å². The van der Waals surface area contributed by atoms with Gasteiger partial charge in [0.25, 0.3) is 5.91 Å². The molecule has 1 aromatic heterocycles. The van der Waals surface area contributed by atoms with Crippen molar-refractivity contribution in [2.24, 2.45) is 0 Å². The van der Waals surface area contributed by atoms with Crippen LogP contribution in [0, 0.1) is 0 Å². The molecule has 1 unspecified atom stereocenters. The highest BCUT2D eigenvalue weighted by atomic mass is 79.9. The van der Waals surface area contributed by atoms with E-state index in [1.165, 1.54) is 12.0 Å². The number of carbonyl (C=O) groups is 1. The normalized spacial score (nSPS) is 12.2. The van der Waals surface area contributed by atoms with Gasteiger partial charge < -0.3 is 14.7 Å². The van der Waals surface area contributed by atoms with Crippen molar-refractivity contribution >= 4 is 21.8 Å². The molecule has 17 heavy (non-hydrogen) atoms. The van der Waals surface area contributed by atoms with E-state index < -0.39 is 6.10 Å². The summed E-state index contributed by atoms with van der Waals surface area (Å²) in [5, 5.41) is 9.54. The van der Waals surface area contributed by atoms with Gasteiger partial charge in [-0.05, 0) is 28.1 Å². The van der Waals surface area contributed by atoms with Gasteiger partial charge in [0.1, 0.15) is 4.60 Å². The molecular weight excluding hydrogens is 288 g/mol. The highest BCUT2D eigenvalue weighted by Gasteiger charge is 2.17. The first-order valence-corrected chi connectivity index (χ1v) is 5.88. The number of rotatable bonds is 5. The zero-order chi connectivity index (χ0) is 12.8. The Morgan fingerprint density at radius 2 is 2.41 bits per heavy atom. The van der Waals surface area contributed by atoms with Gasteiger partial charge in [-0.2, -0.15) is 0 Å². The Morgan fingerprint density at radius 3 is 3.00 bits per heavy atom. The van der Waals surface area contributed by atoms with Gasteiger partial charge in [0.15, 0.2) is 0 Å². The summed E-state index contributed by atoms with van der Waals surface area (Å²) in [6, 6.07) is 3.37. The van der Waals surface area contributed by atoms with Crippen LogP contribution in [0.25, 0.3) is 0 Å². The lowest BCUT2D eigenvalue weighted by Crippen LogP contribution is -2.36. The second-order valence-corrected chi connectivity index (χ2v) is 4.39. The zero-order valence-corrected chi connectivity index (χ0v) is 11.3. The first-order chi connectivity index (χ1) is 8.06. The van der Waals surface area contributed by atoms with E-state index in [2.05, 4.69) is 20.9 Å². The summed E-state index contributed by atoms with van der Waals surface area (Å²) >= 11 is 3.22. The van der Waals surface area contributed by atoms with Crippen molar-refractivity contribution in [3.05, 3.63) is 28.5 Å². The fraction of sp³-hybridized carbons (Fsp3) is 0.455. The standard InChI is InChI=1S/C11H15BrN2O3/c1-14(6-8(15)7-17-2)11(16)9-4-3-5-13-10(9)12/h3-5,8,15H,6-7H2,1-2H3. The van der Waals surface area contributed by atoms with Crippen molar-refractivity contribution in [2.75, 3.05) is 27.3 Å². The Bertz CT molecular complexity index is 387. The Kier molecular flexibility index (Phi) is 5.54. The number of pyridine rings is 1. The summed E-state index contributed by atoms with van der Waals surface area (Å²) in [6.07, 6.45) is 0.907. The fourth-order valence-corrected chi connectivity index (χ4v) is 1.82. The summed E-state index contributed by atoms with van der Waals surface area (Å²) in [7, 11) is 3.13. The number of hydrogen-bond acceptors (Lipinski definition) is 4. The Morgan fingerprint density at radius 1 is 1.71 bits per heavy atom. The van der Waals surface area contributed by atoms with E-state index >= 15 is 0 Å². The molecule has 1 atom stereocenters. The SMILES string of the molecule is COCC(O)CN(C)C(=O)c1cccnc1Br. The first-order valence-electron chi connectivity index (χ1n) is 5.09. The Labute approximate surface area is 109 Å². The summed E-state index contributed by atoms with van der Waals surface area (Å²) in [5.41, 5.74) is 0.472. The van der Waals surface area contributed by atoms with Crippen LogP contribution in [-0.2, 0) is 4.74 Å². The number of methoxy groups -OCH3 is 1. The van der Waals surface area contributed by atoms with Crippen LogP contribution in [0.4, 0.5) is 0 Å². The maximum atomic E-state index is 12.0. The molecule has 1 N–H and O–H groups in total. The zero-order valence-electron chi connectivity index (χ0n) is 9.76. The summed E-state index contributed by atoms with van der Waals surface area (Å²) < 4.78 is 5.30. The third-order valence-electron chi connectivity index (χ3n) is 2.18. The lowest BCUT2D eigenvalue weighted by atomic mass is 10.2. The van der Waals surface area contributed by atoms with Crippen LogP contribution in [0.5, 0.6) is 0 Å². The molecule has 1 heterocycles. The number of halogens is 1. The molecule has 0 fully saturated rings. The van der Waals surface area contributed by atoms with Crippen molar-refractivity contribution in [3.63, 3.8) is 0 Å². The number of aromatic nitrogens is 1. The lowest BCUT2D eigenvalue weighted by Gasteiger charge is -2.20. The van der Waals surface area contributed by atoms with E-state index in [-0.39, 0.29) is 19.1 Å². The van der Waals surface area contributed by atoms with E-state index in [1.807, 2.05) is 0 Å². The number of nitrogens with zero attached hydrogens (tertiary/aromatic N) is 2. The van der Waals surface area contributed by atoms with Crippen molar-refractivity contribution in [1.82, 2.24) is 9.88 Å². The second kappa shape index (κ2) is 6.68. The minimum absolute atomic E-state index is 0.194. The molecule has 6 heteroatoms. The number of hydrogen-bond donors (Lipinski definition) is 1. The molecule has 94 valence electrons. The minimum atomic E-state index is -0.690. The average molecular weight is 303 g/mol. The number of amides is 1. The molecular formula is C11H15BrN2O3. The highest BCUT2D eigenvalue weighted by Crippen LogP contribution is 2.14. The van der Waals surface area contributed by atoms with Gasteiger partial charge >= 0.3 is 0 Å². The molecule has 1 amide bonds. The molecule has 1 aromatic rings. The number of likely N-dealkylation sites (N-methyl/N-ethyl adjacent to an activating group) is 1. The molecule has 0 radical (unpaired) electrons. The molecule has 5 nitrogen and oxygen atoms in total. The quantitative estimate of drug-likeness (QED) is 0.822. The van der Waals surface area contributed by atoms with Gasteiger partial charge in [-0.15, -0.1) is 0 Å². The smallest absolute Gasteiger partial charge is 0.256 e. The van der Waals surface area contributed by atoms with E-state index in [4.69, 9.17) is 4.74 Å². The van der Waals surface area contributed by atoms with Crippen LogP contribution >= 0.6 is 15.9 Å². The van der Waals surface area contributed by atoms with Gasteiger partial charge in [0, 0.05) is 26.9 Å². The number of ether oxygens (including phenoxy) is 1. The van der Waals surface area contributed by atoms with Crippen molar-refractivity contribution in [1.29, 1.82) is 0 Å². The highest BCUT2D eigenvalue weighted by molar-refractivity contribution is 9.10. The van der Waals surface area contributed by atoms with E-state index in [0.29, 0.717) is 10.2 Å². The average Bonchev–Trinajstić information content (AvgIpc) is 2.29. The van der Waals surface area contributed by atoms with Crippen molar-refractivity contribution in [2.45, 2.75) is 6.10 Å². The molecule has 0 aliphatic rings. The molecule has 0 aliphatic heterocycles. The number of aliphatic hydroxyl groups excluding tert-OH is 1. The van der Waals surface area contributed by atoms with Crippen LogP contribution in [0.1, 0.15) is 10.4 Å². The molecule has 0 spiro atoms. The molecule has 0 saturated heterocycles. The van der Waals surface area contributed by atoms with E-state index in [9.17, 15) is 9.90 Å². The number of carbonyl (C=O) groups excluding carboxylic acids is 1. The molecule has 1 rings (SSSR count). The lowest BCUT2D eigenvalue weighted by molar-refractivity contribution is 0.0379. The predicted octanol–water partition coefficient (Wildman–Crippen LogP) is 0.923. The fourth-order valence-electron chi connectivity index (χ4n) is 1.40. The van der Waals surface area contributed by atoms with Gasteiger partial charge in [-0.25, -0.2) is 4.98 Å². The third kappa shape index (κ3) is 4.07. The second-order valence-electron chi connectivity index (χ2n) is 3.64. The van der Waals surface area contributed by atoms with Crippen LogP contribution in [0.3, 0.4) is 0 Å². The van der Waals surface area contributed by atoms with Crippen LogP contribution in [-0.4, -0.2) is 54.3 Å². The molecule has 0 aliphatic carbocycles. The van der Waals surface area contributed by atoms with Gasteiger partial charge in [0.05, 0.1) is 18.3 Å². The summed E-state index contributed by atoms with van der Waals surface area (Å²) in [4.78, 5) is 17.4. The summed E-state index contributed by atoms with van der Waals surface area (Å²) in [6.45, 7) is 0.417.